The van der Waals surface area contributed by atoms with Gasteiger partial charge in [0.15, 0.2) is 0 Å². The van der Waals surface area contributed by atoms with Gasteiger partial charge in [0.05, 0.1) is 25.6 Å². The lowest BCUT2D eigenvalue weighted by atomic mass is 10.3. The number of nitrogens with zero attached hydrogens (tertiary/aromatic N) is 1. The van der Waals surface area contributed by atoms with Gasteiger partial charge in [0, 0.05) is 11.4 Å². The highest BCUT2D eigenvalue weighted by atomic mass is 35.5. The van der Waals surface area contributed by atoms with Crippen LogP contribution in [0.5, 0.6) is 0 Å². The van der Waals surface area contributed by atoms with E-state index >= 15 is 0 Å². The van der Waals surface area contributed by atoms with Gasteiger partial charge in [-0.3, -0.25) is 0 Å². The molecule has 0 atom stereocenters. The molecule has 8 heteroatoms. The van der Waals surface area contributed by atoms with Gasteiger partial charge in [0.25, 0.3) is 0 Å². The molecule has 0 spiro atoms. The van der Waals surface area contributed by atoms with E-state index in [4.69, 9.17) is 23.2 Å². The number of aromatic nitrogens is 1. The van der Waals surface area contributed by atoms with Crippen molar-refractivity contribution >= 4 is 44.6 Å². The first-order valence-electron chi connectivity index (χ1n) is 6.17. The molecular formula is C13H14Cl2N2O2S2. The second kappa shape index (κ2) is 6.62. The van der Waals surface area contributed by atoms with Crippen molar-refractivity contribution < 1.29 is 8.42 Å². The Bertz CT molecular complexity index is 758. The Hall–Kier alpha value is -0.660. The Kier molecular flexibility index (Phi) is 5.27. The van der Waals surface area contributed by atoms with Crippen molar-refractivity contribution in [1.29, 1.82) is 0 Å². The quantitative estimate of drug-likeness (QED) is 0.881. The van der Waals surface area contributed by atoms with Gasteiger partial charge in [-0.05, 0) is 38.5 Å². The number of sulfonamides is 1. The molecule has 114 valence electrons. The molecule has 1 aromatic heterocycles. The number of hydrogen-bond donors (Lipinski definition) is 1. The lowest BCUT2D eigenvalue weighted by Gasteiger charge is -2.07. The topological polar surface area (TPSA) is 59.1 Å². The number of aryl methyl sites for hydroxylation is 2. The molecule has 2 aromatic rings. The maximum atomic E-state index is 12.2. The molecule has 1 aromatic carbocycles. The third kappa shape index (κ3) is 4.17. The third-order valence-corrected chi connectivity index (χ3v) is 6.18. The molecule has 21 heavy (non-hydrogen) atoms. The second-order valence-corrected chi connectivity index (χ2v) is 8.33. The van der Waals surface area contributed by atoms with E-state index in [-0.39, 0.29) is 9.92 Å². The summed E-state index contributed by atoms with van der Waals surface area (Å²) < 4.78 is 26.9. The maximum Gasteiger partial charge on any atom is 0.240 e. The van der Waals surface area contributed by atoms with Crippen molar-refractivity contribution in [3.63, 3.8) is 0 Å². The van der Waals surface area contributed by atoms with Crippen LogP contribution in [-0.4, -0.2) is 19.9 Å². The van der Waals surface area contributed by atoms with Gasteiger partial charge < -0.3 is 0 Å². The normalized spacial score (nSPS) is 11.8. The van der Waals surface area contributed by atoms with Crippen LogP contribution < -0.4 is 4.72 Å². The molecular weight excluding hydrogens is 351 g/mol. The van der Waals surface area contributed by atoms with Crippen molar-refractivity contribution in [3.05, 3.63) is 43.8 Å². The lowest BCUT2D eigenvalue weighted by molar-refractivity contribution is 0.582. The largest absolute Gasteiger partial charge is 0.247 e. The molecule has 0 bridgehead atoms. The summed E-state index contributed by atoms with van der Waals surface area (Å²) in [7, 11) is -3.58. The zero-order valence-electron chi connectivity index (χ0n) is 11.5. The molecule has 0 amide bonds. The van der Waals surface area contributed by atoms with E-state index in [2.05, 4.69) is 9.71 Å². The molecule has 2 rings (SSSR count). The Morgan fingerprint density at radius 2 is 1.95 bits per heavy atom. The van der Waals surface area contributed by atoms with Crippen LogP contribution in [0.3, 0.4) is 0 Å². The van der Waals surface area contributed by atoms with Crippen molar-refractivity contribution in [2.75, 3.05) is 6.54 Å². The number of halogens is 2. The van der Waals surface area contributed by atoms with Crippen molar-refractivity contribution in [3.8, 4) is 0 Å². The van der Waals surface area contributed by atoms with Gasteiger partial charge >= 0.3 is 0 Å². The van der Waals surface area contributed by atoms with Gasteiger partial charge in [0.1, 0.15) is 0 Å². The van der Waals surface area contributed by atoms with Gasteiger partial charge in [-0.1, -0.05) is 23.2 Å². The van der Waals surface area contributed by atoms with Gasteiger partial charge in [0.2, 0.25) is 10.0 Å². The van der Waals surface area contributed by atoms with E-state index in [0.717, 1.165) is 15.6 Å². The highest BCUT2D eigenvalue weighted by Crippen LogP contribution is 2.24. The highest BCUT2D eigenvalue weighted by Gasteiger charge is 2.15. The number of hydrogen-bond acceptors (Lipinski definition) is 4. The minimum Gasteiger partial charge on any atom is -0.247 e. The number of thiazole rings is 1. The maximum absolute atomic E-state index is 12.2. The van der Waals surface area contributed by atoms with Crippen LogP contribution in [0.1, 0.15) is 15.6 Å². The minimum absolute atomic E-state index is 0.106. The Balaban J connectivity index is 2.04. The van der Waals surface area contributed by atoms with Crippen LogP contribution >= 0.6 is 34.5 Å². The fourth-order valence-electron chi connectivity index (χ4n) is 1.83. The number of rotatable bonds is 5. The van der Waals surface area contributed by atoms with Crippen molar-refractivity contribution in [2.24, 2.45) is 0 Å². The highest BCUT2D eigenvalue weighted by molar-refractivity contribution is 7.89. The van der Waals surface area contributed by atoms with Crippen LogP contribution in [-0.2, 0) is 16.4 Å². The van der Waals surface area contributed by atoms with Crippen LogP contribution in [0.4, 0.5) is 0 Å². The van der Waals surface area contributed by atoms with Crippen LogP contribution in [0.25, 0.3) is 0 Å². The lowest BCUT2D eigenvalue weighted by Crippen LogP contribution is -2.26. The summed E-state index contributed by atoms with van der Waals surface area (Å²) in [5.74, 6) is 0. The van der Waals surface area contributed by atoms with Crippen molar-refractivity contribution in [1.82, 2.24) is 9.71 Å². The van der Waals surface area contributed by atoms with E-state index in [0.29, 0.717) is 18.0 Å². The summed E-state index contributed by atoms with van der Waals surface area (Å²) in [5, 5.41) is 1.52. The molecule has 1 N–H and O–H groups in total. The molecule has 0 radical (unpaired) electrons. The van der Waals surface area contributed by atoms with Gasteiger partial charge in [-0.15, -0.1) is 11.3 Å². The van der Waals surface area contributed by atoms with E-state index in [1.165, 1.54) is 18.2 Å². The van der Waals surface area contributed by atoms with Crippen LogP contribution in [0, 0.1) is 13.8 Å². The zero-order chi connectivity index (χ0) is 15.6. The van der Waals surface area contributed by atoms with Crippen LogP contribution in [0.2, 0.25) is 10.0 Å². The summed E-state index contributed by atoms with van der Waals surface area (Å²) in [4.78, 5) is 5.51. The monoisotopic (exact) mass is 364 g/mol. The number of nitrogens with one attached hydrogen (secondary N) is 1. The summed E-state index contributed by atoms with van der Waals surface area (Å²) in [6.07, 6.45) is 0.609. The fourth-order valence-corrected chi connectivity index (χ4v) is 4.19. The Labute approximate surface area is 138 Å². The molecule has 0 fully saturated rings. The first-order chi connectivity index (χ1) is 9.79. The fraction of sp³-hybridized carbons (Fsp3) is 0.308. The standard InChI is InChI=1S/C13H14Cl2N2O2S2/c1-8-13(20-9(2)17-8)5-6-16-21(18,19)10-3-4-11(14)12(15)7-10/h3-4,7,16H,5-6H2,1-2H3. The molecule has 1 heterocycles. The molecule has 0 saturated carbocycles. The molecule has 0 saturated heterocycles. The predicted octanol–water partition coefficient (Wildman–Crippen LogP) is 3.59. The second-order valence-electron chi connectivity index (χ2n) is 4.47. The molecule has 0 aliphatic heterocycles. The van der Waals surface area contributed by atoms with Crippen molar-refractivity contribution in [2.45, 2.75) is 25.2 Å². The summed E-state index contributed by atoms with van der Waals surface area (Å²) >= 11 is 13.2. The average Bonchev–Trinajstić information content (AvgIpc) is 2.71. The summed E-state index contributed by atoms with van der Waals surface area (Å²) in [6, 6.07) is 4.24. The molecule has 0 aliphatic rings. The smallest absolute Gasteiger partial charge is 0.240 e. The predicted molar refractivity (Wildman–Crippen MR) is 86.9 cm³/mol. The molecule has 0 aliphatic carbocycles. The summed E-state index contributed by atoms with van der Waals surface area (Å²) in [6.45, 7) is 4.17. The van der Waals surface area contributed by atoms with E-state index in [1.54, 1.807) is 11.3 Å². The average molecular weight is 365 g/mol. The zero-order valence-corrected chi connectivity index (χ0v) is 14.6. The molecule has 0 unspecified atom stereocenters. The van der Waals surface area contributed by atoms with Gasteiger partial charge in [-0.25, -0.2) is 18.1 Å². The van der Waals surface area contributed by atoms with E-state index in [1.807, 2.05) is 13.8 Å². The first-order valence-corrected chi connectivity index (χ1v) is 9.23. The van der Waals surface area contributed by atoms with E-state index < -0.39 is 10.0 Å². The van der Waals surface area contributed by atoms with Crippen LogP contribution in [0.15, 0.2) is 23.1 Å². The minimum atomic E-state index is -3.58. The summed E-state index contributed by atoms with van der Waals surface area (Å²) in [5.41, 5.74) is 0.950. The Morgan fingerprint density at radius 1 is 1.24 bits per heavy atom. The third-order valence-electron chi connectivity index (χ3n) is 2.85. The number of benzene rings is 1. The van der Waals surface area contributed by atoms with E-state index in [9.17, 15) is 8.42 Å². The SMILES string of the molecule is Cc1nc(C)c(CCNS(=O)(=O)c2ccc(Cl)c(Cl)c2)s1. The molecule has 4 nitrogen and oxygen atoms in total. The van der Waals surface area contributed by atoms with Gasteiger partial charge in [-0.2, -0.15) is 0 Å². The Morgan fingerprint density at radius 3 is 2.52 bits per heavy atom. The first kappa shape index (κ1) is 16.7.